The summed E-state index contributed by atoms with van der Waals surface area (Å²) in [5, 5.41) is 11.4. The monoisotopic (exact) mass is 262 g/mol. The second-order valence-corrected chi connectivity index (χ2v) is 3.89. The van der Waals surface area contributed by atoms with Gasteiger partial charge in [-0.05, 0) is 36.4 Å². The molecule has 2 nitrogen and oxygen atoms in total. The van der Waals surface area contributed by atoms with Crippen LogP contribution < -0.4 is 5.32 Å². The number of benzene rings is 2. The molecule has 96 valence electrons. The van der Waals surface area contributed by atoms with E-state index in [1.165, 1.54) is 24.3 Å². The van der Waals surface area contributed by atoms with Crippen LogP contribution in [0.2, 0.25) is 0 Å². The lowest BCUT2D eigenvalue weighted by atomic mass is 10.1. The highest BCUT2D eigenvalue weighted by atomic mass is 19.1. The van der Waals surface area contributed by atoms with Crippen LogP contribution in [0.4, 0.5) is 18.9 Å². The molecular weight excluding hydrogens is 253 g/mol. The van der Waals surface area contributed by atoms with Gasteiger partial charge in [0, 0.05) is 17.8 Å². The van der Waals surface area contributed by atoms with Gasteiger partial charge < -0.3 is 5.32 Å². The lowest BCUT2D eigenvalue weighted by Gasteiger charge is -2.08. The number of nitrogens with zero attached hydrogens (tertiary/aromatic N) is 1. The normalized spacial score (nSPS) is 10.0. The molecule has 1 N–H and O–H groups in total. The third-order valence-corrected chi connectivity index (χ3v) is 2.58. The summed E-state index contributed by atoms with van der Waals surface area (Å²) in [5.41, 5.74) is 0.313. The van der Waals surface area contributed by atoms with Crippen LogP contribution >= 0.6 is 0 Å². The van der Waals surface area contributed by atoms with E-state index < -0.39 is 11.6 Å². The first-order valence-corrected chi connectivity index (χ1v) is 5.47. The number of hydrogen-bond acceptors (Lipinski definition) is 2. The fraction of sp³-hybridized carbons (Fsp3) is 0.0714. The molecule has 0 fully saturated rings. The van der Waals surface area contributed by atoms with Crippen LogP contribution in [-0.2, 0) is 6.54 Å². The summed E-state index contributed by atoms with van der Waals surface area (Å²) >= 11 is 0. The summed E-state index contributed by atoms with van der Waals surface area (Å²) in [6.45, 7) is -0.0883. The van der Waals surface area contributed by atoms with E-state index in [1.54, 1.807) is 6.07 Å². The Balaban J connectivity index is 2.16. The van der Waals surface area contributed by atoms with Crippen molar-refractivity contribution in [2.45, 2.75) is 6.54 Å². The van der Waals surface area contributed by atoms with Crippen molar-refractivity contribution in [1.29, 1.82) is 5.26 Å². The van der Waals surface area contributed by atoms with Gasteiger partial charge in [0.05, 0.1) is 11.6 Å². The summed E-state index contributed by atoms with van der Waals surface area (Å²) in [5.74, 6) is -1.96. The van der Waals surface area contributed by atoms with Gasteiger partial charge in [-0.3, -0.25) is 0 Å². The second kappa shape index (κ2) is 5.44. The van der Waals surface area contributed by atoms with Crippen molar-refractivity contribution < 1.29 is 13.2 Å². The van der Waals surface area contributed by atoms with Crippen molar-refractivity contribution in [2.24, 2.45) is 0 Å². The van der Waals surface area contributed by atoms with Crippen LogP contribution in [0.25, 0.3) is 0 Å². The predicted molar refractivity (Wildman–Crippen MR) is 64.8 cm³/mol. The van der Waals surface area contributed by atoms with E-state index in [1.807, 2.05) is 0 Å². The van der Waals surface area contributed by atoms with Gasteiger partial charge in [-0.2, -0.15) is 5.26 Å². The summed E-state index contributed by atoms with van der Waals surface area (Å²) in [4.78, 5) is 0. The zero-order valence-corrected chi connectivity index (χ0v) is 9.75. The standard InChI is InChI=1S/C14H9F3N2/c15-10-1-3-11(4-2-10)19-8-12-13(16)5-9(7-18)6-14(12)17/h1-6,19H,8H2. The van der Waals surface area contributed by atoms with Crippen LogP contribution in [0, 0.1) is 28.8 Å². The summed E-state index contributed by atoms with van der Waals surface area (Å²) in [6, 6.07) is 9.05. The van der Waals surface area contributed by atoms with Gasteiger partial charge in [0.15, 0.2) is 0 Å². The molecule has 0 unspecified atom stereocenters. The summed E-state index contributed by atoms with van der Waals surface area (Å²) in [7, 11) is 0. The van der Waals surface area contributed by atoms with Gasteiger partial charge >= 0.3 is 0 Å². The molecule has 0 aliphatic carbocycles. The van der Waals surface area contributed by atoms with Gasteiger partial charge in [0.2, 0.25) is 0 Å². The van der Waals surface area contributed by atoms with E-state index in [2.05, 4.69) is 5.32 Å². The molecule has 19 heavy (non-hydrogen) atoms. The zero-order valence-electron chi connectivity index (χ0n) is 9.75. The Labute approximate surface area is 108 Å². The second-order valence-electron chi connectivity index (χ2n) is 3.89. The number of anilines is 1. The fourth-order valence-electron chi connectivity index (χ4n) is 1.59. The van der Waals surface area contributed by atoms with Crippen molar-refractivity contribution in [3.8, 4) is 6.07 Å². The lowest BCUT2D eigenvalue weighted by Crippen LogP contribution is -2.05. The highest BCUT2D eigenvalue weighted by Gasteiger charge is 2.11. The minimum Gasteiger partial charge on any atom is -0.381 e. The summed E-state index contributed by atoms with van der Waals surface area (Å²) in [6.07, 6.45) is 0. The van der Waals surface area contributed by atoms with Crippen LogP contribution in [0.5, 0.6) is 0 Å². The third-order valence-electron chi connectivity index (χ3n) is 2.58. The Morgan fingerprint density at radius 3 is 2.11 bits per heavy atom. The van der Waals surface area contributed by atoms with Crippen molar-refractivity contribution in [1.82, 2.24) is 0 Å². The fourth-order valence-corrected chi connectivity index (χ4v) is 1.59. The van der Waals surface area contributed by atoms with Crippen molar-refractivity contribution in [3.63, 3.8) is 0 Å². The molecule has 0 saturated heterocycles. The molecule has 0 bridgehead atoms. The van der Waals surface area contributed by atoms with E-state index in [9.17, 15) is 13.2 Å². The average molecular weight is 262 g/mol. The molecule has 0 spiro atoms. The first-order valence-electron chi connectivity index (χ1n) is 5.47. The molecule has 5 heteroatoms. The van der Waals surface area contributed by atoms with Crippen LogP contribution in [-0.4, -0.2) is 0 Å². The van der Waals surface area contributed by atoms with Crippen molar-refractivity contribution in [2.75, 3.05) is 5.32 Å². The molecule has 0 atom stereocenters. The smallest absolute Gasteiger partial charge is 0.132 e. The third kappa shape index (κ3) is 3.05. The molecular formula is C14H9F3N2. The number of hydrogen-bond donors (Lipinski definition) is 1. The molecule has 0 aliphatic heterocycles. The predicted octanol–water partition coefficient (Wildman–Crippen LogP) is 3.59. The maximum absolute atomic E-state index is 13.6. The maximum Gasteiger partial charge on any atom is 0.132 e. The number of rotatable bonds is 3. The number of nitriles is 1. The molecule has 0 radical (unpaired) electrons. The van der Waals surface area contributed by atoms with E-state index in [0.29, 0.717) is 5.69 Å². The molecule has 0 saturated carbocycles. The molecule has 2 aromatic rings. The van der Waals surface area contributed by atoms with Crippen molar-refractivity contribution in [3.05, 3.63) is 65.0 Å². The van der Waals surface area contributed by atoms with Crippen LogP contribution in [0.3, 0.4) is 0 Å². The van der Waals surface area contributed by atoms with Crippen LogP contribution in [0.15, 0.2) is 36.4 Å². The maximum atomic E-state index is 13.6. The first-order chi connectivity index (χ1) is 9.10. The molecule has 0 heterocycles. The van der Waals surface area contributed by atoms with E-state index in [0.717, 1.165) is 12.1 Å². The molecule has 2 rings (SSSR count). The average Bonchev–Trinajstić information content (AvgIpc) is 2.39. The van der Waals surface area contributed by atoms with E-state index in [4.69, 9.17) is 5.26 Å². The quantitative estimate of drug-likeness (QED) is 0.917. The van der Waals surface area contributed by atoms with Gasteiger partial charge in [-0.1, -0.05) is 0 Å². The van der Waals surface area contributed by atoms with E-state index >= 15 is 0 Å². The van der Waals surface area contributed by atoms with Gasteiger partial charge in [-0.15, -0.1) is 0 Å². The van der Waals surface area contributed by atoms with Gasteiger partial charge in [0.1, 0.15) is 17.5 Å². The lowest BCUT2D eigenvalue weighted by molar-refractivity contribution is 0.559. The SMILES string of the molecule is N#Cc1cc(F)c(CNc2ccc(F)cc2)c(F)c1. The van der Waals surface area contributed by atoms with Gasteiger partial charge in [0.25, 0.3) is 0 Å². The largest absolute Gasteiger partial charge is 0.381 e. The Morgan fingerprint density at radius 2 is 1.58 bits per heavy atom. The zero-order chi connectivity index (χ0) is 13.8. The Morgan fingerprint density at radius 1 is 1.00 bits per heavy atom. The summed E-state index contributed by atoms with van der Waals surface area (Å²) < 4.78 is 39.8. The van der Waals surface area contributed by atoms with Gasteiger partial charge in [-0.25, -0.2) is 13.2 Å². The Kier molecular flexibility index (Phi) is 3.71. The van der Waals surface area contributed by atoms with E-state index in [-0.39, 0.29) is 23.5 Å². The topological polar surface area (TPSA) is 35.8 Å². The minimum atomic E-state index is -0.786. The molecule has 0 amide bonds. The highest BCUT2D eigenvalue weighted by Crippen LogP contribution is 2.17. The Bertz CT molecular complexity index is 607. The number of nitrogens with one attached hydrogen (secondary N) is 1. The van der Waals surface area contributed by atoms with Crippen molar-refractivity contribution >= 4 is 5.69 Å². The minimum absolute atomic E-state index is 0.0690. The van der Waals surface area contributed by atoms with Crippen LogP contribution in [0.1, 0.15) is 11.1 Å². The molecule has 2 aromatic carbocycles. The first kappa shape index (κ1) is 13.0. The molecule has 0 aliphatic rings. The highest BCUT2D eigenvalue weighted by molar-refractivity contribution is 5.44. The Hall–Kier alpha value is -2.48. The molecule has 0 aromatic heterocycles. The number of halogens is 3.